The van der Waals surface area contributed by atoms with Crippen LogP contribution in [0, 0.1) is 11.3 Å². The third kappa shape index (κ3) is 4.96. The fourth-order valence-corrected chi connectivity index (χ4v) is 3.05. The highest BCUT2D eigenvalue weighted by molar-refractivity contribution is 5.16. The summed E-state index contributed by atoms with van der Waals surface area (Å²) in [5, 5.41) is 7.28. The van der Waals surface area contributed by atoms with Crippen LogP contribution in [0.5, 0.6) is 0 Å². The van der Waals surface area contributed by atoms with E-state index in [0.717, 1.165) is 32.0 Å². The first-order chi connectivity index (χ1) is 9.05. The minimum absolute atomic E-state index is 0.342. The van der Waals surface area contributed by atoms with E-state index in [2.05, 4.69) is 61.7 Å². The van der Waals surface area contributed by atoms with Crippen LogP contribution in [0.25, 0.3) is 0 Å². The summed E-state index contributed by atoms with van der Waals surface area (Å²) >= 11 is 0. The molecule has 2 N–H and O–H groups in total. The van der Waals surface area contributed by atoms with Gasteiger partial charge in [-0.2, -0.15) is 0 Å². The van der Waals surface area contributed by atoms with Crippen molar-refractivity contribution >= 4 is 0 Å². The monoisotopic (exact) mass is 260 g/mol. The zero-order valence-corrected chi connectivity index (χ0v) is 12.6. The first kappa shape index (κ1) is 14.5. The number of benzene rings is 1. The van der Waals surface area contributed by atoms with Crippen molar-refractivity contribution in [1.29, 1.82) is 0 Å². The van der Waals surface area contributed by atoms with Crippen LogP contribution in [0.15, 0.2) is 30.3 Å². The topological polar surface area (TPSA) is 24.1 Å². The summed E-state index contributed by atoms with van der Waals surface area (Å²) < 4.78 is 0. The standard InChI is InChI=1S/C17H28N2/c1-14-11-18-13-16(19-12-14)10-17(2,3)9-15-7-5-4-6-8-15/h4-8,14,16,18-19H,9-13H2,1-3H3. The first-order valence-electron chi connectivity index (χ1n) is 7.53. The molecule has 0 bridgehead atoms. The van der Waals surface area contributed by atoms with Gasteiger partial charge in [-0.1, -0.05) is 51.1 Å². The molecule has 1 heterocycles. The number of hydrogen-bond acceptors (Lipinski definition) is 2. The van der Waals surface area contributed by atoms with Crippen molar-refractivity contribution in [3.63, 3.8) is 0 Å². The van der Waals surface area contributed by atoms with Crippen LogP contribution in [-0.4, -0.2) is 25.7 Å². The second-order valence-electron chi connectivity index (χ2n) is 6.90. The van der Waals surface area contributed by atoms with Gasteiger partial charge in [0.15, 0.2) is 0 Å². The molecule has 0 saturated carbocycles. The first-order valence-corrected chi connectivity index (χ1v) is 7.53. The van der Waals surface area contributed by atoms with Gasteiger partial charge in [0, 0.05) is 12.6 Å². The lowest BCUT2D eigenvalue weighted by Gasteiger charge is -2.30. The Hall–Kier alpha value is -0.860. The van der Waals surface area contributed by atoms with Crippen LogP contribution >= 0.6 is 0 Å². The maximum absolute atomic E-state index is 3.71. The maximum atomic E-state index is 3.71. The molecule has 0 amide bonds. The Morgan fingerprint density at radius 2 is 1.84 bits per heavy atom. The van der Waals surface area contributed by atoms with Crippen molar-refractivity contribution in [1.82, 2.24) is 10.6 Å². The maximum Gasteiger partial charge on any atom is 0.0197 e. The molecule has 0 radical (unpaired) electrons. The molecule has 1 aliphatic rings. The van der Waals surface area contributed by atoms with Crippen molar-refractivity contribution in [2.75, 3.05) is 19.6 Å². The van der Waals surface area contributed by atoms with E-state index >= 15 is 0 Å². The van der Waals surface area contributed by atoms with Crippen molar-refractivity contribution in [2.45, 2.75) is 39.7 Å². The highest BCUT2D eigenvalue weighted by Gasteiger charge is 2.25. The fourth-order valence-electron chi connectivity index (χ4n) is 3.05. The third-order valence-corrected chi connectivity index (χ3v) is 3.96. The van der Waals surface area contributed by atoms with E-state index in [1.54, 1.807) is 0 Å². The molecule has 2 atom stereocenters. The largest absolute Gasteiger partial charge is 0.315 e. The second kappa shape index (κ2) is 6.53. The van der Waals surface area contributed by atoms with Crippen LogP contribution in [0.3, 0.4) is 0 Å². The van der Waals surface area contributed by atoms with E-state index in [1.807, 2.05) is 0 Å². The fraction of sp³-hybridized carbons (Fsp3) is 0.647. The second-order valence-corrected chi connectivity index (χ2v) is 6.90. The summed E-state index contributed by atoms with van der Waals surface area (Å²) in [7, 11) is 0. The normalized spacial score (nSPS) is 25.0. The van der Waals surface area contributed by atoms with Crippen LogP contribution in [0.4, 0.5) is 0 Å². The lowest BCUT2D eigenvalue weighted by molar-refractivity contribution is 0.279. The van der Waals surface area contributed by atoms with E-state index in [9.17, 15) is 0 Å². The van der Waals surface area contributed by atoms with Gasteiger partial charge in [0.1, 0.15) is 0 Å². The average Bonchev–Trinajstić information content (AvgIpc) is 2.54. The number of rotatable bonds is 4. The summed E-state index contributed by atoms with van der Waals surface area (Å²) in [6, 6.07) is 11.4. The Kier molecular flexibility index (Phi) is 5.00. The van der Waals surface area contributed by atoms with Gasteiger partial charge in [-0.05, 0) is 42.8 Å². The van der Waals surface area contributed by atoms with Crippen LogP contribution in [-0.2, 0) is 6.42 Å². The Morgan fingerprint density at radius 3 is 2.58 bits per heavy atom. The van der Waals surface area contributed by atoms with Crippen molar-refractivity contribution in [3.05, 3.63) is 35.9 Å². The molecule has 0 spiro atoms. The molecule has 0 aliphatic carbocycles. The molecule has 1 fully saturated rings. The number of hydrogen-bond donors (Lipinski definition) is 2. The summed E-state index contributed by atoms with van der Waals surface area (Å²) in [5.74, 6) is 0.738. The van der Waals surface area contributed by atoms with Gasteiger partial charge in [0.25, 0.3) is 0 Å². The molecule has 19 heavy (non-hydrogen) atoms. The average molecular weight is 260 g/mol. The predicted octanol–water partition coefficient (Wildman–Crippen LogP) is 2.84. The van der Waals surface area contributed by atoms with E-state index in [0.29, 0.717) is 11.5 Å². The molecule has 2 nitrogen and oxygen atoms in total. The SMILES string of the molecule is CC1CNCC(CC(C)(C)Cc2ccccc2)NC1. The third-order valence-electron chi connectivity index (χ3n) is 3.96. The highest BCUT2D eigenvalue weighted by atomic mass is 15.0. The van der Waals surface area contributed by atoms with Gasteiger partial charge < -0.3 is 10.6 Å². The molecule has 1 aromatic rings. The molecule has 106 valence electrons. The summed E-state index contributed by atoms with van der Waals surface area (Å²) in [5.41, 5.74) is 1.79. The van der Waals surface area contributed by atoms with E-state index in [-0.39, 0.29) is 0 Å². The highest BCUT2D eigenvalue weighted by Crippen LogP contribution is 2.27. The molecular weight excluding hydrogens is 232 g/mol. The predicted molar refractivity (Wildman–Crippen MR) is 82.4 cm³/mol. The summed E-state index contributed by atoms with van der Waals surface area (Å²) in [6.45, 7) is 10.5. The lowest BCUT2D eigenvalue weighted by atomic mass is 9.80. The molecular formula is C17H28N2. The zero-order valence-electron chi connectivity index (χ0n) is 12.6. The molecule has 0 aromatic heterocycles. The smallest absolute Gasteiger partial charge is 0.0197 e. The van der Waals surface area contributed by atoms with E-state index < -0.39 is 0 Å². The molecule has 2 unspecified atom stereocenters. The Balaban J connectivity index is 1.89. The van der Waals surface area contributed by atoms with Crippen LogP contribution in [0.2, 0.25) is 0 Å². The van der Waals surface area contributed by atoms with Gasteiger partial charge in [-0.25, -0.2) is 0 Å². The molecule has 2 heteroatoms. The Bertz CT molecular complexity index is 372. The molecule has 1 aromatic carbocycles. The van der Waals surface area contributed by atoms with Crippen LogP contribution in [0.1, 0.15) is 32.8 Å². The van der Waals surface area contributed by atoms with Crippen molar-refractivity contribution in [3.8, 4) is 0 Å². The van der Waals surface area contributed by atoms with Gasteiger partial charge in [0.05, 0.1) is 0 Å². The quantitative estimate of drug-likeness (QED) is 0.870. The number of nitrogens with one attached hydrogen (secondary N) is 2. The van der Waals surface area contributed by atoms with Gasteiger partial charge >= 0.3 is 0 Å². The van der Waals surface area contributed by atoms with Crippen LogP contribution < -0.4 is 10.6 Å². The molecule has 1 saturated heterocycles. The zero-order chi connectivity index (χ0) is 13.7. The minimum Gasteiger partial charge on any atom is -0.315 e. The van der Waals surface area contributed by atoms with Gasteiger partial charge in [0.2, 0.25) is 0 Å². The Morgan fingerprint density at radius 1 is 1.11 bits per heavy atom. The molecule has 1 aliphatic heterocycles. The van der Waals surface area contributed by atoms with Crippen molar-refractivity contribution in [2.24, 2.45) is 11.3 Å². The van der Waals surface area contributed by atoms with Gasteiger partial charge in [-0.15, -0.1) is 0 Å². The molecule has 2 rings (SSSR count). The minimum atomic E-state index is 0.342. The van der Waals surface area contributed by atoms with Crippen molar-refractivity contribution < 1.29 is 0 Å². The summed E-state index contributed by atoms with van der Waals surface area (Å²) in [6.07, 6.45) is 2.38. The van der Waals surface area contributed by atoms with E-state index in [1.165, 1.54) is 12.0 Å². The van der Waals surface area contributed by atoms with Gasteiger partial charge in [-0.3, -0.25) is 0 Å². The lowest BCUT2D eigenvalue weighted by Crippen LogP contribution is -2.39. The summed E-state index contributed by atoms with van der Waals surface area (Å²) in [4.78, 5) is 0. The van der Waals surface area contributed by atoms with E-state index in [4.69, 9.17) is 0 Å². The Labute approximate surface area is 118 Å².